The van der Waals surface area contributed by atoms with Crippen molar-refractivity contribution in [2.75, 3.05) is 7.11 Å². The van der Waals surface area contributed by atoms with E-state index >= 15 is 0 Å². The molecule has 7 nitrogen and oxygen atoms in total. The van der Waals surface area contributed by atoms with Gasteiger partial charge in [0, 0.05) is 16.1 Å². The number of benzene rings is 2. The number of rotatable bonds is 5. The SMILES string of the molecule is COc1ccc(C(=O)NCc2nnc3ccc(-c4ccc(Cl)cc4)nn23)cc1F. The van der Waals surface area contributed by atoms with Crippen LogP contribution >= 0.6 is 11.6 Å². The van der Waals surface area contributed by atoms with Gasteiger partial charge in [-0.1, -0.05) is 23.7 Å². The zero-order chi connectivity index (χ0) is 20.4. The Hall–Kier alpha value is -3.52. The van der Waals surface area contributed by atoms with Crippen LogP contribution in [0.5, 0.6) is 5.75 Å². The highest BCUT2D eigenvalue weighted by Gasteiger charge is 2.13. The molecular formula is C20H15ClFN5O2. The Morgan fingerprint density at radius 3 is 2.66 bits per heavy atom. The second-order valence-corrected chi connectivity index (χ2v) is 6.58. The molecule has 0 aliphatic heterocycles. The van der Waals surface area contributed by atoms with E-state index in [2.05, 4.69) is 20.6 Å². The van der Waals surface area contributed by atoms with Crippen LogP contribution in [0, 0.1) is 5.82 Å². The highest BCUT2D eigenvalue weighted by Crippen LogP contribution is 2.20. The first-order chi connectivity index (χ1) is 14.0. The highest BCUT2D eigenvalue weighted by atomic mass is 35.5. The first-order valence-electron chi connectivity index (χ1n) is 8.64. The first-order valence-corrected chi connectivity index (χ1v) is 9.02. The lowest BCUT2D eigenvalue weighted by Gasteiger charge is -2.07. The van der Waals surface area contributed by atoms with E-state index in [1.807, 2.05) is 18.2 Å². The number of nitrogens with one attached hydrogen (secondary N) is 1. The molecule has 0 bridgehead atoms. The van der Waals surface area contributed by atoms with Gasteiger partial charge in [0.2, 0.25) is 0 Å². The number of carbonyl (C=O) groups is 1. The molecule has 0 saturated carbocycles. The van der Waals surface area contributed by atoms with Crippen molar-refractivity contribution >= 4 is 23.2 Å². The van der Waals surface area contributed by atoms with Crippen molar-refractivity contribution < 1.29 is 13.9 Å². The van der Waals surface area contributed by atoms with Crippen molar-refractivity contribution in [3.63, 3.8) is 0 Å². The van der Waals surface area contributed by atoms with E-state index in [0.717, 1.165) is 11.6 Å². The number of methoxy groups -OCH3 is 1. The molecule has 0 unspecified atom stereocenters. The maximum atomic E-state index is 13.8. The zero-order valence-corrected chi connectivity index (χ0v) is 16.0. The van der Waals surface area contributed by atoms with Crippen molar-refractivity contribution in [2.45, 2.75) is 6.54 Å². The van der Waals surface area contributed by atoms with Gasteiger partial charge in [0.1, 0.15) is 0 Å². The van der Waals surface area contributed by atoms with E-state index in [-0.39, 0.29) is 17.9 Å². The molecule has 4 aromatic rings. The average molecular weight is 412 g/mol. The fraction of sp³-hybridized carbons (Fsp3) is 0.100. The predicted octanol–water partition coefficient (Wildman–Crippen LogP) is 3.52. The van der Waals surface area contributed by atoms with Crippen molar-refractivity contribution in [3.05, 3.63) is 76.8 Å². The monoisotopic (exact) mass is 411 g/mol. The third-order valence-corrected chi connectivity index (χ3v) is 4.54. The minimum atomic E-state index is -0.609. The van der Waals surface area contributed by atoms with Crippen LogP contribution in [-0.2, 0) is 6.54 Å². The molecule has 0 fully saturated rings. The van der Waals surface area contributed by atoms with Gasteiger partial charge in [-0.15, -0.1) is 10.2 Å². The van der Waals surface area contributed by atoms with Crippen LogP contribution in [0.15, 0.2) is 54.6 Å². The summed E-state index contributed by atoms with van der Waals surface area (Å²) in [5.74, 6) is -0.540. The molecule has 0 spiro atoms. The van der Waals surface area contributed by atoms with E-state index < -0.39 is 11.7 Å². The lowest BCUT2D eigenvalue weighted by Crippen LogP contribution is -2.24. The normalized spacial score (nSPS) is 10.9. The zero-order valence-electron chi connectivity index (χ0n) is 15.3. The summed E-state index contributed by atoms with van der Waals surface area (Å²) in [5, 5.41) is 16.0. The van der Waals surface area contributed by atoms with Gasteiger partial charge in [-0.3, -0.25) is 4.79 Å². The summed E-state index contributed by atoms with van der Waals surface area (Å²) in [6.07, 6.45) is 0. The smallest absolute Gasteiger partial charge is 0.251 e. The molecule has 0 atom stereocenters. The maximum absolute atomic E-state index is 13.8. The summed E-state index contributed by atoms with van der Waals surface area (Å²) in [6, 6.07) is 14.9. The number of amides is 1. The summed E-state index contributed by atoms with van der Waals surface area (Å²) in [6.45, 7) is 0.0741. The molecule has 2 aromatic heterocycles. The molecule has 0 aliphatic carbocycles. The molecule has 1 N–H and O–H groups in total. The summed E-state index contributed by atoms with van der Waals surface area (Å²) in [4.78, 5) is 12.3. The van der Waals surface area contributed by atoms with Crippen LogP contribution in [0.25, 0.3) is 16.9 Å². The minimum absolute atomic E-state index is 0.0731. The number of carbonyl (C=O) groups excluding carboxylic acids is 1. The number of hydrogen-bond donors (Lipinski definition) is 1. The molecule has 2 aromatic carbocycles. The van der Waals surface area contributed by atoms with Gasteiger partial charge in [-0.25, -0.2) is 4.39 Å². The lowest BCUT2D eigenvalue weighted by atomic mass is 10.1. The molecular weight excluding hydrogens is 397 g/mol. The largest absolute Gasteiger partial charge is 0.494 e. The Morgan fingerprint density at radius 1 is 1.14 bits per heavy atom. The van der Waals surface area contributed by atoms with Gasteiger partial charge >= 0.3 is 0 Å². The molecule has 0 saturated heterocycles. The Morgan fingerprint density at radius 2 is 1.93 bits per heavy atom. The van der Waals surface area contributed by atoms with Crippen molar-refractivity contribution in [2.24, 2.45) is 0 Å². The van der Waals surface area contributed by atoms with Crippen molar-refractivity contribution in [1.29, 1.82) is 0 Å². The van der Waals surface area contributed by atoms with E-state index in [1.165, 1.54) is 19.2 Å². The first kappa shape index (κ1) is 18.8. The molecule has 0 radical (unpaired) electrons. The van der Waals surface area contributed by atoms with Gasteiger partial charge in [-0.2, -0.15) is 9.61 Å². The van der Waals surface area contributed by atoms with E-state index in [9.17, 15) is 9.18 Å². The van der Waals surface area contributed by atoms with Crippen LogP contribution in [0.2, 0.25) is 5.02 Å². The summed E-state index contributed by atoms with van der Waals surface area (Å²) in [5.41, 5.74) is 2.31. The second kappa shape index (κ2) is 7.84. The number of fused-ring (bicyclic) bond motifs is 1. The molecule has 29 heavy (non-hydrogen) atoms. The van der Waals surface area contributed by atoms with Crippen LogP contribution in [0.4, 0.5) is 4.39 Å². The van der Waals surface area contributed by atoms with Gasteiger partial charge in [-0.05, 0) is 42.5 Å². The highest BCUT2D eigenvalue weighted by molar-refractivity contribution is 6.30. The lowest BCUT2D eigenvalue weighted by molar-refractivity contribution is 0.0949. The fourth-order valence-electron chi connectivity index (χ4n) is 2.79. The molecule has 9 heteroatoms. The molecule has 1 amide bonds. The summed E-state index contributed by atoms with van der Waals surface area (Å²) in [7, 11) is 1.36. The number of ether oxygens (including phenoxy) is 1. The Labute approximate surface area is 170 Å². The van der Waals surface area contributed by atoms with Crippen molar-refractivity contribution in [3.8, 4) is 17.0 Å². The fourth-order valence-corrected chi connectivity index (χ4v) is 2.91. The van der Waals surface area contributed by atoms with E-state index in [4.69, 9.17) is 16.3 Å². The molecule has 2 heterocycles. The van der Waals surface area contributed by atoms with E-state index in [0.29, 0.717) is 22.2 Å². The van der Waals surface area contributed by atoms with Crippen LogP contribution in [0.3, 0.4) is 0 Å². The standard InChI is InChI=1S/C20H15ClFN5O2/c1-29-17-8-4-13(10-15(17)22)20(28)23-11-19-25-24-18-9-7-16(26-27(18)19)12-2-5-14(21)6-3-12/h2-10H,11H2,1H3,(H,23,28). The van der Waals surface area contributed by atoms with Gasteiger partial charge in [0.25, 0.3) is 5.91 Å². The maximum Gasteiger partial charge on any atom is 0.251 e. The Balaban J connectivity index is 1.55. The molecule has 4 rings (SSSR count). The summed E-state index contributed by atoms with van der Waals surface area (Å²) < 4.78 is 20.2. The van der Waals surface area contributed by atoms with Crippen LogP contribution in [0.1, 0.15) is 16.2 Å². The van der Waals surface area contributed by atoms with Crippen LogP contribution in [-0.4, -0.2) is 32.8 Å². The number of nitrogens with zero attached hydrogens (tertiary/aromatic N) is 4. The number of hydrogen-bond acceptors (Lipinski definition) is 5. The topological polar surface area (TPSA) is 81.4 Å². The third-order valence-electron chi connectivity index (χ3n) is 4.29. The number of halogens is 2. The third kappa shape index (κ3) is 3.88. The number of aromatic nitrogens is 4. The Kier molecular flexibility index (Phi) is 5.09. The van der Waals surface area contributed by atoms with E-state index in [1.54, 1.807) is 22.7 Å². The second-order valence-electron chi connectivity index (χ2n) is 6.14. The van der Waals surface area contributed by atoms with Gasteiger partial charge in [0.05, 0.1) is 19.3 Å². The molecule has 146 valence electrons. The summed E-state index contributed by atoms with van der Waals surface area (Å²) >= 11 is 5.93. The average Bonchev–Trinajstić information content (AvgIpc) is 3.14. The quantitative estimate of drug-likeness (QED) is 0.543. The minimum Gasteiger partial charge on any atom is -0.494 e. The van der Waals surface area contributed by atoms with Gasteiger partial charge < -0.3 is 10.1 Å². The molecule has 0 aliphatic rings. The van der Waals surface area contributed by atoms with Crippen LogP contribution < -0.4 is 10.1 Å². The Bertz CT molecular complexity index is 1190. The predicted molar refractivity (Wildman–Crippen MR) is 105 cm³/mol. The van der Waals surface area contributed by atoms with Crippen molar-refractivity contribution in [1.82, 2.24) is 25.1 Å². The van der Waals surface area contributed by atoms with Gasteiger partial charge in [0.15, 0.2) is 23.0 Å².